The van der Waals surface area contributed by atoms with E-state index in [2.05, 4.69) is 0 Å². The van der Waals surface area contributed by atoms with Gasteiger partial charge < -0.3 is 9.47 Å². The zero-order valence-electron chi connectivity index (χ0n) is 8.03. The summed E-state index contributed by atoms with van der Waals surface area (Å²) in [4.78, 5) is 10.4. The summed E-state index contributed by atoms with van der Waals surface area (Å²) in [5.74, 6) is 0.377. The van der Waals surface area contributed by atoms with Crippen LogP contribution in [-0.4, -0.2) is 28.8 Å². The third-order valence-electron chi connectivity index (χ3n) is 0.940. The van der Waals surface area contributed by atoms with Crippen LogP contribution in [0.1, 0.15) is 20.8 Å². The van der Waals surface area contributed by atoms with Gasteiger partial charge in [0.15, 0.2) is 0 Å². The lowest BCUT2D eigenvalue weighted by molar-refractivity contribution is -0.140. The summed E-state index contributed by atoms with van der Waals surface area (Å²) in [7, 11) is 0. The summed E-state index contributed by atoms with van der Waals surface area (Å²) in [6.45, 7) is 5.59. The van der Waals surface area contributed by atoms with Gasteiger partial charge in [-0.1, -0.05) is 11.8 Å². The monoisotopic (exact) mass is 222 g/mol. The second kappa shape index (κ2) is 7.15. The van der Waals surface area contributed by atoms with Crippen molar-refractivity contribution in [1.82, 2.24) is 0 Å². The van der Waals surface area contributed by atoms with Crippen molar-refractivity contribution in [2.45, 2.75) is 26.9 Å². The minimum atomic E-state index is -0.267. The van der Waals surface area contributed by atoms with Gasteiger partial charge in [0, 0.05) is 12.7 Å². The smallest absolute Gasteiger partial charge is 0.302 e. The lowest BCUT2D eigenvalue weighted by Gasteiger charge is -2.09. The van der Waals surface area contributed by atoms with Crippen LogP contribution in [0.2, 0.25) is 0 Å². The normalized spacial score (nSPS) is 9.85. The van der Waals surface area contributed by atoms with E-state index in [0.29, 0.717) is 16.7 Å². The van der Waals surface area contributed by atoms with E-state index >= 15 is 0 Å². The van der Waals surface area contributed by atoms with Gasteiger partial charge in [-0.15, -0.1) is 0 Å². The molecule has 0 amide bonds. The highest BCUT2D eigenvalue weighted by atomic mass is 32.2. The molecule has 0 unspecified atom stereocenters. The molecular weight excluding hydrogens is 208 g/mol. The van der Waals surface area contributed by atoms with Crippen molar-refractivity contribution in [2.24, 2.45) is 0 Å². The summed E-state index contributed by atoms with van der Waals surface area (Å²) in [6, 6.07) is 0. The number of rotatable bonds is 4. The molecule has 0 fully saturated rings. The zero-order valence-corrected chi connectivity index (χ0v) is 9.67. The molecule has 76 valence electrons. The van der Waals surface area contributed by atoms with Gasteiger partial charge in [0.2, 0.25) is 4.38 Å². The topological polar surface area (TPSA) is 35.5 Å². The number of carbonyl (C=O) groups excluding carboxylic acids is 1. The van der Waals surface area contributed by atoms with Crippen LogP contribution in [0.4, 0.5) is 0 Å². The van der Waals surface area contributed by atoms with Crippen LogP contribution in [0.15, 0.2) is 0 Å². The van der Waals surface area contributed by atoms with Crippen molar-refractivity contribution in [1.29, 1.82) is 0 Å². The van der Waals surface area contributed by atoms with E-state index in [4.69, 9.17) is 21.7 Å². The minimum Gasteiger partial charge on any atom is -0.476 e. The summed E-state index contributed by atoms with van der Waals surface area (Å²) in [6.07, 6.45) is 0.105. The number of hydrogen-bond donors (Lipinski definition) is 0. The van der Waals surface area contributed by atoms with Crippen molar-refractivity contribution >= 4 is 34.3 Å². The lowest BCUT2D eigenvalue weighted by Crippen LogP contribution is -2.09. The molecule has 3 nitrogen and oxygen atoms in total. The third-order valence-corrected chi connectivity index (χ3v) is 2.09. The van der Waals surface area contributed by atoms with Crippen LogP contribution in [0.25, 0.3) is 0 Å². The number of ether oxygens (including phenoxy) is 2. The molecule has 0 atom stereocenters. The Balaban J connectivity index is 3.32. The Bertz CT molecular complexity index is 180. The van der Waals surface area contributed by atoms with Crippen LogP contribution in [-0.2, 0) is 14.3 Å². The van der Waals surface area contributed by atoms with E-state index in [-0.39, 0.29) is 12.1 Å². The van der Waals surface area contributed by atoms with E-state index in [0.717, 1.165) is 0 Å². The molecule has 0 aromatic heterocycles. The number of thiocarbonyl (C=S) groups is 1. The quantitative estimate of drug-likeness (QED) is 0.413. The van der Waals surface area contributed by atoms with Gasteiger partial charge in [-0.2, -0.15) is 0 Å². The first-order valence-corrected chi connectivity index (χ1v) is 5.38. The minimum absolute atomic E-state index is 0.105. The van der Waals surface area contributed by atoms with Gasteiger partial charge in [-0.3, -0.25) is 4.79 Å². The first kappa shape index (κ1) is 12.7. The number of hydrogen-bond acceptors (Lipinski definition) is 5. The standard InChI is InChI=1S/C8H14O3S2/c1-6(2)11-8(12)13-5-4-10-7(3)9/h6H,4-5H2,1-3H3. The van der Waals surface area contributed by atoms with Gasteiger partial charge >= 0.3 is 5.97 Å². The molecule has 0 aliphatic heterocycles. The molecule has 0 heterocycles. The Morgan fingerprint density at radius 1 is 1.54 bits per heavy atom. The maximum Gasteiger partial charge on any atom is 0.302 e. The highest BCUT2D eigenvalue weighted by Gasteiger charge is 2.01. The molecule has 0 radical (unpaired) electrons. The highest BCUT2D eigenvalue weighted by Crippen LogP contribution is 2.07. The molecule has 0 bridgehead atoms. The molecule has 0 aromatic rings. The molecule has 13 heavy (non-hydrogen) atoms. The van der Waals surface area contributed by atoms with Crippen molar-refractivity contribution in [3.8, 4) is 0 Å². The lowest BCUT2D eigenvalue weighted by atomic mass is 10.5. The summed E-state index contributed by atoms with van der Waals surface area (Å²) in [5.41, 5.74) is 0. The Labute approximate surface area is 88.2 Å². The van der Waals surface area contributed by atoms with Crippen LogP contribution < -0.4 is 0 Å². The van der Waals surface area contributed by atoms with Crippen LogP contribution in [0.3, 0.4) is 0 Å². The van der Waals surface area contributed by atoms with Crippen LogP contribution >= 0.6 is 24.0 Å². The largest absolute Gasteiger partial charge is 0.476 e. The Morgan fingerprint density at radius 2 is 2.15 bits per heavy atom. The van der Waals surface area contributed by atoms with Gasteiger partial charge in [0.1, 0.15) is 6.61 Å². The molecule has 0 aromatic carbocycles. The van der Waals surface area contributed by atoms with Crippen molar-refractivity contribution in [3.05, 3.63) is 0 Å². The summed E-state index contributed by atoms with van der Waals surface area (Å²) >= 11 is 6.29. The zero-order chi connectivity index (χ0) is 10.3. The van der Waals surface area contributed by atoms with Gasteiger partial charge in [0.05, 0.1) is 6.10 Å². The fraction of sp³-hybridized carbons (Fsp3) is 0.750. The molecule has 0 rings (SSSR count). The SMILES string of the molecule is CC(=O)OCCSC(=S)OC(C)C. The fourth-order valence-electron chi connectivity index (χ4n) is 0.537. The fourth-order valence-corrected chi connectivity index (χ4v) is 1.57. The van der Waals surface area contributed by atoms with Crippen molar-refractivity contribution in [2.75, 3.05) is 12.4 Å². The van der Waals surface area contributed by atoms with E-state index in [1.807, 2.05) is 13.8 Å². The Hall–Kier alpha value is -0.290. The van der Waals surface area contributed by atoms with Gasteiger partial charge in [0.25, 0.3) is 0 Å². The van der Waals surface area contributed by atoms with E-state index in [1.165, 1.54) is 18.7 Å². The van der Waals surface area contributed by atoms with Crippen molar-refractivity contribution in [3.63, 3.8) is 0 Å². The van der Waals surface area contributed by atoms with Crippen molar-refractivity contribution < 1.29 is 14.3 Å². The molecule has 0 aliphatic carbocycles. The van der Waals surface area contributed by atoms with Crippen LogP contribution in [0.5, 0.6) is 0 Å². The second-order valence-electron chi connectivity index (χ2n) is 2.61. The first-order chi connectivity index (χ1) is 6.02. The number of carbonyl (C=O) groups is 1. The summed E-state index contributed by atoms with van der Waals surface area (Å²) < 4.78 is 10.4. The predicted molar refractivity (Wildman–Crippen MR) is 57.9 cm³/mol. The molecule has 0 saturated carbocycles. The Morgan fingerprint density at radius 3 is 2.62 bits per heavy atom. The first-order valence-electron chi connectivity index (χ1n) is 3.99. The molecule has 0 N–H and O–H groups in total. The average molecular weight is 222 g/mol. The third kappa shape index (κ3) is 9.63. The maximum atomic E-state index is 10.4. The second-order valence-corrected chi connectivity index (χ2v) is 4.30. The Kier molecular flexibility index (Phi) is 6.99. The molecule has 0 aliphatic rings. The molecule has 5 heteroatoms. The van der Waals surface area contributed by atoms with Crippen LogP contribution in [0, 0.1) is 0 Å². The van der Waals surface area contributed by atoms with Gasteiger partial charge in [-0.05, 0) is 26.1 Å². The maximum absolute atomic E-state index is 10.4. The van der Waals surface area contributed by atoms with E-state index in [1.54, 1.807) is 0 Å². The highest BCUT2D eigenvalue weighted by molar-refractivity contribution is 8.22. The summed E-state index contributed by atoms with van der Waals surface area (Å²) in [5, 5.41) is 0. The number of esters is 1. The molecule has 0 spiro atoms. The number of thioether (sulfide) groups is 1. The van der Waals surface area contributed by atoms with E-state index < -0.39 is 0 Å². The molecule has 0 saturated heterocycles. The predicted octanol–water partition coefficient (Wildman–Crippen LogP) is 1.99. The average Bonchev–Trinajstić information content (AvgIpc) is 1.96. The molecular formula is C8H14O3S2. The van der Waals surface area contributed by atoms with E-state index in [9.17, 15) is 4.79 Å². The van der Waals surface area contributed by atoms with Gasteiger partial charge in [-0.25, -0.2) is 0 Å².